The van der Waals surface area contributed by atoms with E-state index in [4.69, 9.17) is 11.5 Å². The van der Waals surface area contributed by atoms with Crippen LogP contribution >= 0.6 is 0 Å². The third-order valence-corrected chi connectivity index (χ3v) is 2.99. The van der Waals surface area contributed by atoms with Crippen molar-refractivity contribution in [1.82, 2.24) is 4.98 Å². The van der Waals surface area contributed by atoms with Crippen molar-refractivity contribution in [3.05, 3.63) is 23.9 Å². The summed E-state index contributed by atoms with van der Waals surface area (Å²) in [4.78, 5) is 3.88. The summed E-state index contributed by atoms with van der Waals surface area (Å²) in [5.74, 6) is 0.569. The first-order valence-corrected chi connectivity index (χ1v) is 5.23. The van der Waals surface area contributed by atoms with E-state index in [2.05, 4.69) is 4.98 Å². The Hall–Kier alpha value is -1.16. The fourth-order valence-corrected chi connectivity index (χ4v) is 1.93. The second-order valence-corrected chi connectivity index (χ2v) is 4.28. The number of nitrogen functional groups attached to an aromatic ring is 1. The summed E-state index contributed by atoms with van der Waals surface area (Å²) >= 11 is 0. The highest BCUT2D eigenvalue weighted by Gasteiger charge is 2.44. The molecular formula is C11H16FN3. The minimum Gasteiger partial charge on any atom is -0.384 e. The molecule has 3 nitrogen and oxygen atoms in total. The maximum atomic E-state index is 14.3. The molecule has 1 aliphatic carbocycles. The highest BCUT2D eigenvalue weighted by atomic mass is 19.1. The van der Waals surface area contributed by atoms with Gasteiger partial charge in [0.05, 0.1) is 0 Å². The van der Waals surface area contributed by atoms with Crippen LogP contribution in [0.5, 0.6) is 0 Å². The van der Waals surface area contributed by atoms with E-state index in [0.29, 0.717) is 12.2 Å². The van der Waals surface area contributed by atoms with Crippen LogP contribution in [-0.4, -0.2) is 17.2 Å². The van der Waals surface area contributed by atoms with Gasteiger partial charge in [-0.15, -0.1) is 0 Å². The van der Waals surface area contributed by atoms with Crippen molar-refractivity contribution < 1.29 is 4.39 Å². The number of halogens is 1. The summed E-state index contributed by atoms with van der Waals surface area (Å²) in [5.41, 5.74) is 10.7. The molecule has 0 amide bonds. The third kappa shape index (κ3) is 2.26. The van der Waals surface area contributed by atoms with Crippen molar-refractivity contribution in [1.29, 1.82) is 0 Å². The average molecular weight is 209 g/mol. The SMILES string of the molecule is NCC(F)(Cc1ccnc(N)c1)C1CC1. The highest BCUT2D eigenvalue weighted by Crippen LogP contribution is 2.43. The minimum atomic E-state index is -1.26. The number of rotatable bonds is 4. The lowest BCUT2D eigenvalue weighted by Crippen LogP contribution is -2.37. The molecule has 1 unspecified atom stereocenters. The van der Waals surface area contributed by atoms with Gasteiger partial charge in [-0.2, -0.15) is 0 Å². The zero-order chi connectivity index (χ0) is 10.9. The molecule has 82 valence electrons. The lowest BCUT2D eigenvalue weighted by Gasteiger charge is -2.23. The quantitative estimate of drug-likeness (QED) is 0.785. The fraction of sp³-hybridized carbons (Fsp3) is 0.545. The van der Waals surface area contributed by atoms with Gasteiger partial charge in [0.15, 0.2) is 0 Å². The molecular weight excluding hydrogens is 193 g/mol. The van der Waals surface area contributed by atoms with E-state index >= 15 is 0 Å². The van der Waals surface area contributed by atoms with Crippen LogP contribution in [0.2, 0.25) is 0 Å². The van der Waals surface area contributed by atoms with Crippen LogP contribution in [0.25, 0.3) is 0 Å². The average Bonchev–Trinajstić information content (AvgIpc) is 3.01. The Morgan fingerprint density at radius 3 is 2.80 bits per heavy atom. The molecule has 0 aliphatic heterocycles. The summed E-state index contributed by atoms with van der Waals surface area (Å²) in [5, 5.41) is 0. The Bertz CT molecular complexity index is 351. The maximum Gasteiger partial charge on any atom is 0.130 e. The van der Waals surface area contributed by atoms with Crippen LogP contribution in [0.15, 0.2) is 18.3 Å². The summed E-state index contributed by atoms with van der Waals surface area (Å²) in [7, 11) is 0. The number of alkyl halides is 1. The van der Waals surface area contributed by atoms with Crippen LogP contribution < -0.4 is 11.5 Å². The third-order valence-electron chi connectivity index (χ3n) is 2.99. The molecule has 0 bridgehead atoms. The summed E-state index contributed by atoms with van der Waals surface area (Å²) < 4.78 is 14.3. The zero-order valence-corrected chi connectivity index (χ0v) is 8.62. The molecule has 1 saturated carbocycles. The van der Waals surface area contributed by atoms with Gasteiger partial charge in [0.1, 0.15) is 11.5 Å². The molecule has 0 aromatic carbocycles. The van der Waals surface area contributed by atoms with Gasteiger partial charge < -0.3 is 11.5 Å². The topological polar surface area (TPSA) is 64.9 Å². The minimum absolute atomic E-state index is 0.0832. The molecule has 1 aliphatic rings. The first-order valence-electron chi connectivity index (χ1n) is 5.23. The van der Waals surface area contributed by atoms with Gasteiger partial charge in [-0.3, -0.25) is 0 Å². The van der Waals surface area contributed by atoms with Crippen LogP contribution in [0.3, 0.4) is 0 Å². The number of anilines is 1. The summed E-state index contributed by atoms with van der Waals surface area (Å²) in [6.07, 6.45) is 3.86. The van der Waals surface area contributed by atoms with Crippen LogP contribution in [0.4, 0.5) is 10.2 Å². The van der Waals surface area contributed by atoms with Gasteiger partial charge in [0, 0.05) is 19.2 Å². The predicted molar refractivity (Wildman–Crippen MR) is 58.0 cm³/mol. The molecule has 1 aromatic heterocycles. The van der Waals surface area contributed by atoms with E-state index in [1.807, 2.05) is 0 Å². The molecule has 0 radical (unpaired) electrons. The molecule has 1 heterocycles. The first kappa shape index (κ1) is 10.4. The number of pyridine rings is 1. The van der Waals surface area contributed by atoms with E-state index in [9.17, 15) is 4.39 Å². The molecule has 1 aromatic rings. The molecule has 1 fully saturated rings. The highest BCUT2D eigenvalue weighted by molar-refractivity contribution is 5.32. The smallest absolute Gasteiger partial charge is 0.130 e. The molecule has 4 heteroatoms. The molecule has 0 saturated heterocycles. The lowest BCUT2D eigenvalue weighted by atomic mass is 9.92. The standard InChI is InChI=1S/C11H16FN3/c12-11(7-13,9-1-2-9)6-8-3-4-15-10(14)5-8/h3-5,9H,1-2,6-7,13H2,(H2,14,15). The monoisotopic (exact) mass is 209 g/mol. The number of aromatic nitrogens is 1. The van der Waals surface area contributed by atoms with Gasteiger partial charge in [-0.25, -0.2) is 9.37 Å². The summed E-state index contributed by atoms with van der Waals surface area (Å²) in [6, 6.07) is 3.51. The number of nitrogens with zero attached hydrogens (tertiary/aromatic N) is 1. The Balaban J connectivity index is 2.12. The maximum absolute atomic E-state index is 14.3. The predicted octanol–water partition coefficient (Wildman–Crippen LogP) is 1.28. The fourth-order valence-electron chi connectivity index (χ4n) is 1.93. The van der Waals surface area contributed by atoms with E-state index < -0.39 is 5.67 Å². The normalized spacial score (nSPS) is 19.9. The second-order valence-electron chi connectivity index (χ2n) is 4.28. The van der Waals surface area contributed by atoms with Crippen LogP contribution in [-0.2, 0) is 6.42 Å². The van der Waals surface area contributed by atoms with Crippen molar-refractivity contribution >= 4 is 5.82 Å². The number of hydrogen-bond donors (Lipinski definition) is 2. The molecule has 4 N–H and O–H groups in total. The van der Waals surface area contributed by atoms with E-state index in [1.165, 1.54) is 0 Å². The van der Waals surface area contributed by atoms with Gasteiger partial charge in [0.2, 0.25) is 0 Å². The molecule has 1 atom stereocenters. The van der Waals surface area contributed by atoms with Gasteiger partial charge in [-0.05, 0) is 36.5 Å². The molecule has 0 spiro atoms. The van der Waals surface area contributed by atoms with Crippen molar-refractivity contribution in [2.45, 2.75) is 24.9 Å². The van der Waals surface area contributed by atoms with Crippen molar-refractivity contribution in [3.8, 4) is 0 Å². The zero-order valence-electron chi connectivity index (χ0n) is 8.62. The molecule has 15 heavy (non-hydrogen) atoms. The van der Waals surface area contributed by atoms with Crippen molar-refractivity contribution in [3.63, 3.8) is 0 Å². The van der Waals surface area contributed by atoms with Gasteiger partial charge in [0.25, 0.3) is 0 Å². The van der Waals surface area contributed by atoms with E-state index in [-0.39, 0.29) is 12.5 Å². The van der Waals surface area contributed by atoms with Crippen LogP contribution in [0, 0.1) is 5.92 Å². The Morgan fingerprint density at radius 2 is 2.27 bits per heavy atom. The van der Waals surface area contributed by atoms with E-state index in [0.717, 1.165) is 18.4 Å². The largest absolute Gasteiger partial charge is 0.384 e. The van der Waals surface area contributed by atoms with Crippen molar-refractivity contribution in [2.75, 3.05) is 12.3 Å². The van der Waals surface area contributed by atoms with E-state index in [1.54, 1.807) is 18.3 Å². The first-order chi connectivity index (χ1) is 7.14. The van der Waals surface area contributed by atoms with Gasteiger partial charge in [-0.1, -0.05) is 0 Å². The molecule has 2 rings (SSSR count). The van der Waals surface area contributed by atoms with Gasteiger partial charge >= 0.3 is 0 Å². The second kappa shape index (κ2) is 3.77. The number of nitrogens with two attached hydrogens (primary N) is 2. The summed E-state index contributed by atoms with van der Waals surface area (Å²) in [6.45, 7) is 0.0832. The lowest BCUT2D eigenvalue weighted by molar-refractivity contribution is 0.142. The Morgan fingerprint density at radius 1 is 1.53 bits per heavy atom. The Labute approximate surface area is 88.7 Å². The Kier molecular flexibility index (Phi) is 2.61. The van der Waals surface area contributed by atoms with Crippen LogP contribution in [0.1, 0.15) is 18.4 Å². The van der Waals surface area contributed by atoms with Crippen molar-refractivity contribution in [2.24, 2.45) is 11.7 Å². The number of hydrogen-bond acceptors (Lipinski definition) is 3.